The highest BCUT2D eigenvalue weighted by Gasteiger charge is 2.24. The van der Waals surface area contributed by atoms with E-state index in [2.05, 4.69) is 36.2 Å². The van der Waals surface area contributed by atoms with Crippen molar-refractivity contribution in [2.45, 2.75) is 32.7 Å². The topological polar surface area (TPSA) is 100 Å². The summed E-state index contributed by atoms with van der Waals surface area (Å²) in [6.07, 6.45) is 1.55. The van der Waals surface area contributed by atoms with Crippen molar-refractivity contribution in [2.75, 3.05) is 25.1 Å². The Hall–Kier alpha value is -2.42. The number of aromatic nitrogens is 3. The van der Waals surface area contributed by atoms with Gasteiger partial charge < -0.3 is 19.9 Å². The lowest BCUT2D eigenvalue weighted by Crippen LogP contribution is -2.45. The monoisotopic (exact) mass is 435 g/mol. The summed E-state index contributed by atoms with van der Waals surface area (Å²) >= 11 is 3.41. The molecule has 0 spiro atoms. The lowest BCUT2D eigenvalue weighted by Gasteiger charge is -2.32. The number of aromatic amines is 1. The quantitative estimate of drug-likeness (QED) is 0.714. The molecule has 0 saturated carbocycles. The van der Waals surface area contributed by atoms with Gasteiger partial charge in [-0.15, -0.1) is 0 Å². The minimum Gasteiger partial charge on any atom is -0.464 e. The number of carbonyl (C=O) groups is 2. The fraction of sp³-hybridized carbons (Fsp3) is 0.444. The molecule has 0 radical (unpaired) electrons. The second-order valence-corrected chi connectivity index (χ2v) is 7.43. The van der Waals surface area contributed by atoms with Crippen LogP contribution in [0.1, 0.15) is 45.2 Å². The van der Waals surface area contributed by atoms with Crippen LogP contribution in [0.5, 0.6) is 0 Å². The van der Waals surface area contributed by atoms with Gasteiger partial charge >= 0.3 is 5.97 Å². The number of hydrogen-bond donors (Lipinski definition) is 2. The lowest BCUT2D eigenvalue weighted by atomic mass is 10.1. The first kappa shape index (κ1) is 19.3. The van der Waals surface area contributed by atoms with Crippen LogP contribution in [0.4, 0.5) is 5.95 Å². The molecule has 0 aliphatic carbocycles. The summed E-state index contributed by atoms with van der Waals surface area (Å²) in [5.74, 6) is -0.0672. The summed E-state index contributed by atoms with van der Waals surface area (Å²) in [4.78, 5) is 38.0. The molecule has 2 aromatic heterocycles. The summed E-state index contributed by atoms with van der Waals surface area (Å²) in [6.45, 7) is 5.12. The highest BCUT2D eigenvalue weighted by Crippen LogP contribution is 2.19. The Balaban J connectivity index is 1.61. The molecule has 3 rings (SSSR count). The fourth-order valence-electron chi connectivity index (χ4n) is 3.05. The van der Waals surface area contributed by atoms with Gasteiger partial charge in [0, 0.05) is 35.0 Å². The van der Waals surface area contributed by atoms with Crippen LogP contribution in [0.15, 0.2) is 16.6 Å². The first-order valence-electron chi connectivity index (χ1n) is 8.72. The fourth-order valence-corrected chi connectivity index (χ4v) is 3.37. The van der Waals surface area contributed by atoms with Gasteiger partial charge in [-0.25, -0.2) is 14.8 Å². The van der Waals surface area contributed by atoms with E-state index < -0.39 is 5.97 Å². The van der Waals surface area contributed by atoms with Gasteiger partial charge in [0.25, 0.3) is 5.91 Å². The number of carbonyl (C=O) groups excluding carboxylic acids is 2. The normalized spacial score (nSPS) is 14.9. The molecule has 144 valence electrons. The molecule has 1 amide bonds. The number of piperidine rings is 1. The Morgan fingerprint density at radius 3 is 2.56 bits per heavy atom. The number of rotatable bonds is 4. The average molecular weight is 436 g/mol. The van der Waals surface area contributed by atoms with Crippen molar-refractivity contribution in [1.82, 2.24) is 20.3 Å². The van der Waals surface area contributed by atoms with E-state index in [4.69, 9.17) is 4.74 Å². The van der Waals surface area contributed by atoms with E-state index in [0.29, 0.717) is 30.4 Å². The number of nitrogens with one attached hydrogen (secondary N) is 2. The van der Waals surface area contributed by atoms with E-state index in [1.165, 1.54) is 7.11 Å². The maximum atomic E-state index is 12.4. The summed E-state index contributed by atoms with van der Waals surface area (Å²) in [6, 6.07) is 3.48. The Kier molecular flexibility index (Phi) is 5.79. The Bertz CT molecular complexity index is 839. The predicted octanol–water partition coefficient (Wildman–Crippen LogP) is 2.37. The molecular weight excluding hydrogens is 414 g/mol. The zero-order chi connectivity index (χ0) is 19.6. The zero-order valence-corrected chi connectivity index (χ0v) is 17.1. The molecule has 3 heterocycles. The maximum absolute atomic E-state index is 12.4. The molecule has 1 saturated heterocycles. The number of methoxy groups -OCH3 is 1. The minimum atomic E-state index is -0.476. The van der Waals surface area contributed by atoms with Crippen LogP contribution in [0, 0.1) is 13.8 Å². The lowest BCUT2D eigenvalue weighted by molar-refractivity contribution is 0.0593. The number of halogens is 1. The molecule has 1 aliphatic rings. The van der Waals surface area contributed by atoms with Crippen LogP contribution in [-0.2, 0) is 4.74 Å². The van der Waals surface area contributed by atoms with Crippen LogP contribution in [0.2, 0.25) is 0 Å². The summed E-state index contributed by atoms with van der Waals surface area (Å²) in [5, 5.41) is 3.07. The highest BCUT2D eigenvalue weighted by molar-refractivity contribution is 9.10. The van der Waals surface area contributed by atoms with Gasteiger partial charge in [-0.05, 0) is 54.8 Å². The van der Waals surface area contributed by atoms with Gasteiger partial charge in [0.05, 0.1) is 7.11 Å². The van der Waals surface area contributed by atoms with Crippen molar-refractivity contribution >= 4 is 33.8 Å². The number of hydrogen-bond acceptors (Lipinski definition) is 6. The van der Waals surface area contributed by atoms with E-state index in [1.54, 1.807) is 12.1 Å². The van der Waals surface area contributed by atoms with E-state index in [-0.39, 0.29) is 17.6 Å². The van der Waals surface area contributed by atoms with Crippen molar-refractivity contribution in [3.05, 3.63) is 39.4 Å². The highest BCUT2D eigenvalue weighted by atomic mass is 79.9. The van der Waals surface area contributed by atoms with E-state index in [1.807, 2.05) is 18.7 Å². The third-order valence-electron chi connectivity index (χ3n) is 4.55. The standard InChI is InChI=1S/C18H22BrN5O3/c1-10-8-15(17(26)27-3)23-18(20-10)24-6-4-12(5-7-24)22-16(25)14-9-13(19)11(2)21-14/h8-9,12,21H,4-7H2,1-3H3,(H,22,25). The van der Waals surface area contributed by atoms with Gasteiger partial charge in [0.1, 0.15) is 5.69 Å². The molecular formula is C18H22BrN5O3. The number of esters is 1. The smallest absolute Gasteiger partial charge is 0.356 e. The largest absolute Gasteiger partial charge is 0.464 e. The number of nitrogens with zero attached hydrogens (tertiary/aromatic N) is 3. The third-order valence-corrected chi connectivity index (χ3v) is 5.37. The van der Waals surface area contributed by atoms with Crippen LogP contribution in [-0.4, -0.2) is 53.1 Å². The number of aryl methyl sites for hydroxylation is 2. The first-order valence-corrected chi connectivity index (χ1v) is 9.51. The van der Waals surface area contributed by atoms with Gasteiger partial charge in [0.15, 0.2) is 5.69 Å². The molecule has 9 heteroatoms. The second-order valence-electron chi connectivity index (χ2n) is 6.58. The van der Waals surface area contributed by atoms with Gasteiger partial charge in [0.2, 0.25) is 5.95 Å². The predicted molar refractivity (Wildman–Crippen MR) is 104 cm³/mol. The van der Waals surface area contributed by atoms with Crippen molar-refractivity contribution < 1.29 is 14.3 Å². The zero-order valence-electron chi connectivity index (χ0n) is 15.5. The molecule has 2 aromatic rings. The molecule has 1 fully saturated rings. The minimum absolute atomic E-state index is 0.0843. The molecule has 1 aliphatic heterocycles. The molecule has 0 atom stereocenters. The number of ether oxygens (including phenoxy) is 1. The maximum Gasteiger partial charge on any atom is 0.356 e. The molecule has 0 aromatic carbocycles. The molecule has 0 bridgehead atoms. The van der Waals surface area contributed by atoms with E-state index >= 15 is 0 Å². The summed E-state index contributed by atoms with van der Waals surface area (Å²) in [7, 11) is 1.33. The SMILES string of the molecule is COC(=O)c1cc(C)nc(N2CCC(NC(=O)c3cc(Br)c(C)[nH]3)CC2)n1. The average Bonchev–Trinajstić information content (AvgIpc) is 3.00. The van der Waals surface area contributed by atoms with Crippen molar-refractivity contribution in [2.24, 2.45) is 0 Å². The van der Waals surface area contributed by atoms with Crippen LogP contribution >= 0.6 is 15.9 Å². The Morgan fingerprint density at radius 1 is 1.26 bits per heavy atom. The first-order chi connectivity index (χ1) is 12.9. The van der Waals surface area contributed by atoms with Crippen LogP contribution in [0.3, 0.4) is 0 Å². The molecule has 2 N–H and O–H groups in total. The Labute approximate surface area is 165 Å². The Morgan fingerprint density at radius 2 is 1.96 bits per heavy atom. The molecule has 8 nitrogen and oxygen atoms in total. The van der Waals surface area contributed by atoms with Crippen molar-refractivity contribution in [3.63, 3.8) is 0 Å². The molecule has 0 unspecified atom stereocenters. The van der Waals surface area contributed by atoms with Gasteiger partial charge in [-0.1, -0.05) is 0 Å². The van der Waals surface area contributed by atoms with Gasteiger partial charge in [-0.3, -0.25) is 4.79 Å². The summed E-state index contributed by atoms with van der Waals surface area (Å²) in [5.41, 5.74) is 2.44. The van der Waals surface area contributed by atoms with Crippen LogP contribution < -0.4 is 10.2 Å². The second kappa shape index (κ2) is 8.08. The van der Waals surface area contributed by atoms with E-state index in [0.717, 1.165) is 23.0 Å². The summed E-state index contributed by atoms with van der Waals surface area (Å²) < 4.78 is 5.63. The number of H-pyrrole nitrogens is 1. The number of amides is 1. The molecule has 27 heavy (non-hydrogen) atoms. The van der Waals surface area contributed by atoms with Crippen LogP contribution in [0.25, 0.3) is 0 Å². The van der Waals surface area contributed by atoms with Crippen molar-refractivity contribution in [1.29, 1.82) is 0 Å². The van der Waals surface area contributed by atoms with E-state index in [9.17, 15) is 9.59 Å². The number of anilines is 1. The third kappa shape index (κ3) is 4.47. The van der Waals surface area contributed by atoms with Crippen molar-refractivity contribution in [3.8, 4) is 0 Å². The van der Waals surface area contributed by atoms with Gasteiger partial charge in [-0.2, -0.15) is 0 Å².